The molecule has 3 rings (SSSR count). The quantitative estimate of drug-likeness (QED) is 0.886. The average Bonchev–Trinajstić information content (AvgIpc) is 3.31. The Kier molecular flexibility index (Phi) is 4.03. The van der Waals surface area contributed by atoms with Gasteiger partial charge in [-0.1, -0.05) is 12.1 Å². The molecule has 1 amide bonds. The van der Waals surface area contributed by atoms with Crippen molar-refractivity contribution in [1.29, 1.82) is 0 Å². The van der Waals surface area contributed by atoms with Gasteiger partial charge in [0.25, 0.3) is 5.91 Å². The molecular weight excluding hydrogens is 252 g/mol. The Morgan fingerprint density at radius 2 is 2.30 bits per heavy atom. The van der Waals surface area contributed by atoms with Gasteiger partial charge in [-0.15, -0.1) is 0 Å². The number of ether oxygens (including phenoxy) is 1. The average molecular weight is 274 g/mol. The van der Waals surface area contributed by atoms with Crippen molar-refractivity contribution < 1.29 is 9.53 Å². The first-order chi connectivity index (χ1) is 9.81. The lowest BCUT2D eigenvalue weighted by Crippen LogP contribution is -2.37. The second kappa shape index (κ2) is 5.94. The number of hydrogen-bond acceptors (Lipinski definition) is 3. The van der Waals surface area contributed by atoms with Gasteiger partial charge in [0.2, 0.25) is 0 Å². The summed E-state index contributed by atoms with van der Waals surface area (Å²) in [6, 6.07) is 6.53. The highest BCUT2D eigenvalue weighted by Gasteiger charge is 2.33. The monoisotopic (exact) mass is 274 g/mol. The Labute approximate surface area is 120 Å². The first kappa shape index (κ1) is 13.6. The third-order valence-electron chi connectivity index (χ3n) is 4.16. The summed E-state index contributed by atoms with van der Waals surface area (Å²) >= 11 is 0. The van der Waals surface area contributed by atoms with Gasteiger partial charge in [0, 0.05) is 31.8 Å². The Morgan fingerprint density at radius 3 is 3.05 bits per heavy atom. The number of methoxy groups -OCH3 is 1. The van der Waals surface area contributed by atoms with Crippen molar-refractivity contribution in [2.45, 2.75) is 31.8 Å². The number of carbonyl (C=O) groups is 1. The summed E-state index contributed by atoms with van der Waals surface area (Å²) in [6.07, 6.45) is 3.21. The SMILES string of the molecule is COCCN(C(=O)c1cccc2c1CCNC2)C1CC1. The van der Waals surface area contributed by atoms with E-state index >= 15 is 0 Å². The first-order valence-corrected chi connectivity index (χ1v) is 7.42. The zero-order valence-corrected chi connectivity index (χ0v) is 12.0. The van der Waals surface area contributed by atoms with Gasteiger partial charge in [0.05, 0.1) is 6.61 Å². The van der Waals surface area contributed by atoms with Crippen LogP contribution in [-0.2, 0) is 17.7 Å². The van der Waals surface area contributed by atoms with Crippen LogP contribution in [0.1, 0.15) is 34.3 Å². The zero-order valence-electron chi connectivity index (χ0n) is 12.0. The van der Waals surface area contributed by atoms with Crippen LogP contribution in [0.3, 0.4) is 0 Å². The van der Waals surface area contributed by atoms with Crippen LogP contribution in [0.4, 0.5) is 0 Å². The highest BCUT2D eigenvalue weighted by atomic mass is 16.5. The van der Waals surface area contributed by atoms with Gasteiger partial charge in [-0.2, -0.15) is 0 Å². The lowest BCUT2D eigenvalue weighted by Gasteiger charge is -2.26. The van der Waals surface area contributed by atoms with Gasteiger partial charge >= 0.3 is 0 Å². The molecule has 0 spiro atoms. The first-order valence-electron chi connectivity index (χ1n) is 7.42. The second-order valence-corrected chi connectivity index (χ2v) is 5.59. The van der Waals surface area contributed by atoms with Crippen molar-refractivity contribution in [3.63, 3.8) is 0 Å². The van der Waals surface area contributed by atoms with Crippen LogP contribution in [0.15, 0.2) is 18.2 Å². The normalized spacial score (nSPS) is 17.6. The van der Waals surface area contributed by atoms with E-state index in [-0.39, 0.29) is 5.91 Å². The standard InChI is InChI=1S/C16H22N2O2/c1-20-10-9-18(13-5-6-13)16(19)15-4-2-3-12-11-17-8-7-14(12)15/h2-4,13,17H,5-11H2,1H3. The Morgan fingerprint density at radius 1 is 1.45 bits per heavy atom. The molecule has 0 bridgehead atoms. The predicted molar refractivity (Wildman–Crippen MR) is 77.8 cm³/mol. The van der Waals surface area contributed by atoms with Crippen molar-refractivity contribution >= 4 is 5.91 Å². The van der Waals surface area contributed by atoms with E-state index < -0.39 is 0 Å². The van der Waals surface area contributed by atoms with Crippen LogP contribution in [0, 0.1) is 0 Å². The molecule has 1 heterocycles. The molecule has 1 N–H and O–H groups in total. The molecular formula is C16H22N2O2. The third kappa shape index (κ3) is 2.72. The van der Waals surface area contributed by atoms with Crippen molar-refractivity contribution in [3.8, 4) is 0 Å². The van der Waals surface area contributed by atoms with Gasteiger partial charge in [-0.3, -0.25) is 4.79 Å². The summed E-state index contributed by atoms with van der Waals surface area (Å²) in [7, 11) is 1.69. The topological polar surface area (TPSA) is 41.6 Å². The van der Waals surface area contributed by atoms with Crippen molar-refractivity contribution in [2.24, 2.45) is 0 Å². The van der Waals surface area contributed by atoms with E-state index in [0.717, 1.165) is 37.9 Å². The minimum atomic E-state index is 0.184. The van der Waals surface area contributed by atoms with E-state index in [0.29, 0.717) is 19.2 Å². The molecule has 1 saturated carbocycles. The van der Waals surface area contributed by atoms with Crippen LogP contribution in [0.5, 0.6) is 0 Å². The predicted octanol–water partition coefficient (Wildman–Crippen LogP) is 1.58. The van der Waals surface area contributed by atoms with Crippen molar-refractivity contribution in [2.75, 3.05) is 26.8 Å². The van der Waals surface area contributed by atoms with Crippen LogP contribution in [0.25, 0.3) is 0 Å². The molecule has 1 aromatic carbocycles. The van der Waals surface area contributed by atoms with Crippen molar-refractivity contribution in [1.82, 2.24) is 10.2 Å². The summed E-state index contributed by atoms with van der Waals surface area (Å²) in [5.74, 6) is 0.184. The second-order valence-electron chi connectivity index (χ2n) is 5.59. The number of rotatable bonds is 5. The van der Waals surface area contributed by atoms with Crippen LogP contribution < -0.4 is 5.32 Å². The largest absolute Gasteiger partial charge is 0.383 e. The number of carbonyl (C=O) groups excluding carboxylic acids is 1. The smallest absolute Gasteiger partial charge is 0.254 e. The van der Waals surface area contributed by atoms with E-state index in [2.05, 4.69) is 11.4 Å². The number of nitrogens with zero attached hydrogens (tertiary/aromatic N) is 1. The van der Waals surface area contributed by atoms with Crippen molar-refractivity contribution in [3.05, 3.63) is 34.9 Å². The van der Waals surface area contributed by atoms with Gasteiger partial charge in [-0.25, -0.2) is 0 Å². The van der Waals surface area contributed by atoms with E-state index in [1.54, 1.807) is 7.11 Å². The summed E-state index contributed by atoms with van der Waals surface area (Å²) in [6.45, 7) is 3.14. The Balaban J connectivity index is 1.85. The zero-order chi connectivity index (χ0) is 13.9. The molecule has 2 aliphatic rings. The fraction of sp³-hybridized carbons (Fsp3) is 0.562. The summed E-state index contributed by atoms with van der Waals surface area (Å²) in [5.41, 5.74) is 3.40. The highest BCUT2D eigenvalue weighted by Crippen LogP contribution is 2.29. The molecule has 0 atom stereocenters. The molecule has 4 heteroatoms. The molecule has 0 aromatic heterocycles. The van der Waals surface area contributed by atoms with Gasteiger partial charge < -0.3 is 15.0 Å². The van der Waals surface area contributed by atoms with Gasteiger partial charge in [-0.05, 0) is 43.0 Å². The molecule has 0 saturated heterocycles. The minimum absolute atomic E-state index is 0.184. The third-order valence-corrected chi connectivity index (χ3v) is 4.16. The maximum atomic E-state index is 12.9. The Hall–Kier alpha value is -1.39. The number of hydrogen-bond donors (Lipinski definition) is 1. The molecule has 0 unspecified atom stereocenters. The lowest BCUT2D eigenvalue weighted by molar-refractivity contribution is 0.0679. The summed E-state index contributed by atoms with van der Waals surface area (Å²) in [4.78, 5) is 14.9. The lowest BCUT2D eigenvalue weighted by atomic mass is 9.94. The van der Waals surface area contributed by atoms with Gasteiger partial charge in [0.1, 0.15) is 0 Å². The van der Waals surface area contributed by atoms with E-state index in [4.69, 9.17) is 4.74 Å². The van der Waals surface area contributed by atoms with Crippen LogP contribution in [-0.4, -0.2) is 43.7 Å². The van der Waals surface area contributed by atoms with Crippen LogP contribution in [0.2, 0.25) is 0 Å². The molecule has 1 aliphatic heterocycles. The van der Waals surface area contributed by atoms with Gasteiger partial charge in [0.15, 0.2) is 0 Å². The fourth-order valence-corrected chi connectivity index (χ4v) is 2.91. The summed E-state index contributed by atoms with van der Waals surface area (Å²) in [5, 5.41) is 3.36. The molecule has 4 nitrogen and oxygen atoms in total. The number of amides is 1. The minimum Gasteiger partial charge on any atom is -0.383 e. The molecule has 108 valence electrons. The highest BCUT2D eigenvalue weighted by molar-refractivity contribution is 5.96. The fourth-order valence-electron chi connectivity index (χ4n) is 2.91. The number of nitrogens with one attached hydrogen (secondary N) is 1. The molecule has 20 heavy (non-hydrogen) atoms. The number of fused-ring (bicyclic) bond motifs is 1. The van der Waals surface area contributed by atoms with Crippen LogP contribution >= 0.6 is 0 Å². The van der Waals surface area contributed by atoms with E-state index in [1.807, 2.05) is 17.0 Å². The van der Waals surface area contributed by atoms with E-state index in [9.17, 15) is 4.79 Å². The molecule has 1 fully saturated rings. The maximum absolute atomic E-state index is 12.9. The summed E-state index contributed by atoms with van der Waals surface area (Å²) < 4.78 is 5.15. The number of benzene rings is 1. The maximum Gasteiger partial charge on any atom is 0.254 e. The Bertz CT molecular complexity index is 497. The molecule has 1 aliphatic carbocycles. The molecule has 1 aromatic rings. The van der Waals surface area contributed by atoms with E-state index in [1.165, 1.54) is 11.1 Å². The molecule has 0 radical (unpaired) electrons.